The monoisotopic (exact) mass is 363 g/mol. The summed E-state index contributed by atoms with van der Waals surface area (Å²) in [5.41, 5.74) is 1.76. The van der Waals surface area contributed by atoms with E-state index in [0.29, 0.717) is 23.1 Å². The summed E-state index contributed by atoms with van der Waals surface area (Å²) in [5, 5.41) is 3.54. The van der Waals surface area contributed by atoms with Gasteiger partial charge in [-0.15, -0.1) is 0 Å². The first-order valence-corrected chi connectivity index (χ1v) is 9.40. The molecule has 0 bridgehead atoms. The first-order chi connectivity index (χ1) is 13.1. The minimum absolute atomic E-state index is 0.00445. The summed E-state index contributed by atoms with van der Waals surface area (Å²) in [6.07, 6.45) is 2.35. The summed E-state index contributed by atoms with van der Waals surface area (Å²) in [6.45, 7) is 3.92. The van der Waals surface area contributed by atoms with Crippen LogP contribution in [0.4, 0.5) is 0 Å². The molecule has 0 aliphatic heterocycles. The maximum Gasteiger partial charge on any atom is 0.261 e. The SMILES string of the molecule is CCc1nc2ccccc2c(=O)n1CC(=O)N[C@@H](C)CCc1ccccc1. The number of hydrogen-bond acceptors (Lipinski definition) is 3. The van der Waals surface area contributed by atoms with Crippen LogP contribution in [0.15, 0.2) is 59.4 Å². The highest BCUT2D eigenvalue weighted by molar-refractivity contribution is 5.79. The molecule has 3 rings (SSSR count). The highest BCUT2D eigenvalue weighted by atomic mass is 16.2. The fourth-order valence-corrected chi connectivity index (χ4v) is 3.21. The number of rotatable bonds is 7. The minimum atomic E-state index is -0.163. The Morgan fingerprint density at radius 2 is 1.81 bits per heavy atom. The quantitative estimate of drug-likeness (QED) is 0.702. The van der Waals surface area contributed by atoms with Gasteiger partial charge >= 0.3 is 0 Å². The molecule has 1 heterocycles. The zero-order chi connectivity index (χ0) is 19.2. The zero-order valence-corrected chi connectivity index (χ0v) is 15.8. The van der Waals surface area contributed by atoms with Crippen LogP contribution >= 0.6 is 0 Å². The lowest BCUT2D eigenvalue weighted by Gasteiger charge is -2.16. The van der Waals surface area contributed by atoms with E-state index in [-0.39, 0.29) is 24.1 Å². The smallest absolute Gasteiger partial charge is 0.261 e. The fourth-order valence-electron chi connectivity index (χ4n) is 3.21. The molecule has 0 unspecified atom stereocenters. The first kappa shape index (κ1) is 18.8. The lowest BCUT2D eigenvalue weighted by atomic mass is 10.1. The summed E-state index contributed by atoms with van der Waals surface area (Å²) in [4.78, 5) is 29.8. The third kappa shape index (κ3) is 4.61. The molecule has 3 aromatic rings. The van der Waals surface area contributed by atoms with Crippen LogP contribution in [0, 0.1) is 0 Å². The minimum Gasteiger partial charge on any atom is -0.352 e. The number of benzene rings is 2. The largest absolute Gasteiger partial charge is 0.352 e. The first-order valence-electron chi connectivity index (χ1n) is 9.40. The van der Waals surface area contributed by atoms with Crippen LogP contribution in [0.5, 0.6) is 0 Å². The van der Waals surface area contributed by atoms with Gasteiger partial charge in [-0.2, -0.15) is 0 Å². The number of amides is 1. The van der Waals surface area contributed by atoms with Crippen LogP contribution in [0.3, 0.4) is 0 Å². The Labute approximate surface area is 159 Å². The van der Waals surface area contributed by atoms with Crippen molar-refractivity contribution in [2.75, 3.05) is 0 Å². The van der Waals surface area contributed by atoms with Crippen molar-refractivity contribution in [1.29, 1.82) is 0 Å². The van der Waals surface area contributed by atoms with Gasteiger partial charge in [0.05, 0.1) is 10.9 Å². The van der Waals surface area contributed by atoms with Gasteiger partial charge in [-0.25, -0.2) is 4.98 Å². The van der Waals surface area contributed by atoms with E-state index in [1.54, 1.807) is 6.07 Å². The molecule has 0 fully saturated rings. The van der Waals surface area contributed by atoms with E-state index in [0.717, 1.165) is 12.8 Å². The lowest BCUT2D eigenvalue weighted by molar-refractivity contribution is -0.122. The number of carbonyl (C=O) groups is 1. The van der Waals surface area contributed by atoms with E-state index in [2.05, 4.69) is 22.4 Å². The number of aryl methyl sites for hydroxylation is 2. The standard InChI is InChI=1S/C22H25N3O2/c1-3-20-24-19-12-8-7-11-18(19)22(27)25(20)15-21(26)23-16(2)13-14-17-9-5-4-6-10-17/h4-12,16H,3,13-15H2,1-2H3,(H,23,26)/t16-/m0/s1. The van der Waals surface area contributed by atoms with Crippen LogP contribution in [-0.2, 0) is 24.2 Å². The Hall–Kier alpha value is -2.95. The number of para-hydroxylation sites is 1. The number of fused-ring (bicyclic) bond motifs is 1. The van der Waals surface area contributed by atoms with Crippen molar-refractivity contribution in [2.45, 2.75) is 45.7 Å². The average Bonchev–Trinajstić information content (AvgIpc) is 2.69. The van der Waals surface area contributed by atoms with Gasteiger partial charge in [0.1, 0.15) is 12.4 Å². The highest BCUT2D eigenvalue weighted by Gasteiger charge is 2.14. The van der Waals surface area contributed by atoms with Gasteiger partial charge in [0.2, 0.25) is 5.91 Å². The van der Waals surface area contributed by atoms with E-state index >= 15 is 0 Å². The summed E-state index contributed by atoms with van der Waals surface area (Å²) in [5.74, 6) is 0.468. The molecule has 0 saturated heterocycles. The van der Waals surface area contributed by atoms with Crippen LogP contribution in [0.2, 0.25) is 0 Å². The average molecular weight is 363 g/mol. The van der Waals surface area contributed by atoms with Gasteiger partial charge in [0.15, 0.2) is 0 Å². The van der Waals surface area contributed by atoms with Crippen LogP contribution < -0.4 is 10.9 Å². The van der Waals surface area contributed by atoms with Crippen molar-refractivity contribution in [3.05, 3.63) is 76.3 Å². The molecule has 1 N–H and O–H groups in total. The second-order valence-electron chi connectivity index (χ2n) is 6.78. The number of hydrogen-bond donors (Lipinski definition) is 1. The molecule has 0 saturated carbocycles. The van der Waals surface area contributed by atoms with Crippen LogP contribution in [0.1, 0.15) is 31.7 Å². The van der Waals surface area contributed by atoms with E-state index in [1.807, 2.05) is 50.2 Å². The number of carbonyl (C=O) groups excluding carboxylic acids is 1. The van der Waals surface area contributed by atoms with E-state index in [1.165, 1.54) is 10.1 Å². The topological polar surface area (TPSA) is 64.0 Å². The molecule has 1 atom stereocenters. The van der Waals surface area contributed by atoms with Crippen molar-refractivity contribution in [3.63, 3.8) is 0 Å². The third-order valence-corrected chi connectivity index (χ3v) is 4.67. The Kier molecular flexibility index (Phi) is 6.01. The molecular weight excluding hydrogens is 338 g/mol. The highest BCUT2D eigenvalue weighted by Crippen LogP contribution is 2.09. The Morgan fingerprint density at radius 1 is 1.11 bits per heavy atom. The lowest BCUT2D eigenvalue weighted by Crippen LogP contribution is -2.38. The third-order valence-electron chi connectivity index (χ3n) is 4.67. The molecule has 5 heteroatoms. The molecule has 140 valence electrons. The molecule has 1 aromatic heterocycles. The Bertz CT molecular complexity index is 980. The predicted molar refractivity (Wildman–Crippen MR) is 108 cm³/mol. The molecule has 2 aromatic carbocycles. The van der Waals surface area contributed by atoms with Gasteiger partial charge in [-0.3, -0.25) is 14.2 Å². The molecule has 5 nitrogen and oxygen atoms in total. The molecule has 0 radical (unpaired) electrons. The second kappa shape index (κ2) is 8.62. The van der Waals surface area contributed by atoms with Crippen LogP contribution in [-0.4, -0.2) is 21.5 Å². The van der Waals surface area contributed by atoms with E-state index < -0.39 is 0 Å². The van der Waals surface area contributed by atoms with Crippen molar-refractivity contribution in [2.24, 2.45) is 0 Å². The van der Waals surface area contributed by atoms with Gasteiger partial charge < -0.3 is 5.32 Å². The molecule has 0 aliphatic carbocycles. The Morgan fingerprint density at radius 3 is 2.56 bits per heavy atom. The number of nitrogens with one attached hydrogen (secondary N) is 1. The molecular formula is C22H25N3O2. The molecule has 0 aliphatic rings. The number of nitrogens with zero attached hydrogens (tertiary/aromatic N) is 2. The molecule has 1 amide bonds. The molecule has 27 heavy (non-hydrogen) atoms. The van der Waals surface area contributed by atoms with Gasteiger partial charge in [-0.1, -0.05) is 49.4 Å². The van der Waals surface area contributed by atoms with Gasteiger partial charge in [0, 0.05) is 12.5 Å². The predicted octanol–water partition coefficient (Wildman–Crippen LogP) is 3.10. The van der Waals surface area contributed by atoms with Crippen molar-refractivity contribution < 1.29 is 4.79 Å². The van der Waals surface area contributed by atoms with E-state index in [9.17, 15) is 9.59 Å². The fraction of sp³-hybridized carbons (Fsp3) is 0.318. The van der Waals surface area contributed by atoms with Gasteiger partial charge in [-0.05, 0) is 37.5 Å². The van der Waals surface area contributed by atoms with Crippen LogP contribution in [0.25, 0.3) is 10.9 Å². The summed E-state index contributed by atoms with van der Waals surface area (Å²) in [6, 6.07) is 17.5. The second-order valence-corrected chi connectivity index (χ2v) is 6.78. The maximum atomic E-state index is 12.8. The number of aromatic nitrogens is 2. The van der Waals surface area contributed by atoms with E-state index in [4.69, 9.17) is 0 Å². The summed E-state index contributed by atoms with van der Waals surface area (Å²) < 4.78 is 1.49. The maximum absolute atomic E-state index is 12.8. The van der Waals surface area contributed by atoms with Crippen molar-refractivity contribution in [3.8, 4) is 0 Å². The zero-order valence-electron chi connectivity index (χ0n) is 15.8. The molecule has 0 spiro atoms. The normalized spacial score (nSPS) is 12.1. The van der Waals surface area contributed by atoms with Crippen molar-refractivity contribution >= 4 is 16.8 Å². The summed E-state index contributed by atoms with van der Waals surface area (Å²) >= 11 is 0. The Balaban J connectivity index is 1.68. The summed E-state index contributed by atoms with van der Waals surface area (Å²) in [7, 11) is 0. The van der Waals surface area contributed by atoms with Gasteiger partial charge in [0.25, 0.3) is 5.56 Å². The van der Waals surface area contributed by atoms with Crippen molar-refractivity contribution in [1.82, 2.24) is 14.9 Å².